The maximum absolute atomic E-state index is 11.9. The van der Waals surface area contributed by atoms with Crippen molar-refractivity contribution in [1.82, 2.24) is 10.1 Å². The molecular formula is C19H19N3O4S. The summed E-state index contributed by atoms with van der Waals surface area (Å²) >= 11 is 1.51. The molecule has 0 saturated heterocycles. The highest BCUT2D eigenvalue weighted by Crippen LogP contribution is 2.21. The Balaban J connectivity index is 1.42. The van der Waals surface area contributed by atoms with Crippen LogP contribution in [0, 0.1) is 13.8 Å². The van der Waals surface area contributed by atoms with Crippen LogP contribution in [0.25, 0.3) is 10.7 Å². The first-order chi connectivity index (χ1) is 13.0. The van der Waals surface area contributed by atoms with Crippen LogP contribution in [-0.2, 0) is 20.7 Å². The number of aryl methyl sites for hydroxylation is 3. The minimum Gasteiger partial charge on any atom is -0.456 e. The zero-order valence-corrected chi connectivity index (χ0v) is 15.8. The molecule has 0 aliphatic rings. The Morgan fingerprint density at radius 2 is 2.11 bits per heavy atom. The Hall–Kier alpha value is -3.00. The molecule has 0 atom stereocenters. The lowest BCUT2D eigenvalue weighted by Crippen LogP contribution is -2.21. The Morgan fingerprint density at radius 1 is 1.26 bits per heavy atom. The smallest absolute Gasteiger partial charge is 0.306 e. The third-order valence-corrected chi connectivity index (χ3v) is 4.64. The first-order valence-electron chi connectivity index (χ1n) is 8.40. The highest BCUT2D eigenvalue weighted by Gasteiger charge is 2.13. The van der Waals surface area contributed by atoms with Crippen LogP contribution in [-0.4, -0.2) is 28.6 Å². The van der Waals surface area contributed by atoms with E-state index in [4.69, 9.17) is 9.26 Å². The van der Waals surface area contributed by atoms with Crippen molar-refractivity contribution in [1.29, 1.82) is 0 Å². The van der Waals surface area contributed by atoms with E-state index in [1.54, 1.807) is 0 Å². The van der Waals surface area contributed by atoms with Gasteiger partial charge >= 0.3 is 5.97 Å². The number of esters is 1. The first-order valence-corrected chi connectivity index (χ1v) is 9.28. The number of hydrogen-bond donors (Lipinski definition) is 1. The van der Waals surface area contributed by atoms with Crippen molar-refractivity contribution in [2.75, 3.05) is 11.9 Å². The highest BCUT2D eigenvalue weighted by molar-refractivity contribution is 7.13. The SMILES string of the molecule is Cc1ccc(NC(=O)COC(=O)CCc2nc(-c3cccs3)no2)c(C)c1. The molecule has 2 aromatic heterocycles. The second-order valence-electron chi connectivity index (χ2n) is 6.02. The third kappa shape index (κ3) is 5.24. The topological polar surface area (TPSA) is 94.3 Å². The molecule has 1 amide bonds. The number of thiophene rings is 1. The molecule has 1 N–H and O–H groups in total. The lowest BCUT2D eigenvalue weighted by atomic mass is 10.1. The molecule has 0 aliphatic carbocycles. The van der Waals surface area contributed by atoms with Gasteiger partial charge in [-0.05, 0) is 36.9 Å². The number of carbonyl (C=O) groups is 2. The van der Waals surface area contributed by atoms with Gasteiger partial charge in [0.2, 0.25) is 11.7 Å². The fourth-order valence-electron chi connectivity index (χ4n) is 2.43. The van der Waals surface area contributed by atoms with E-state index in [1.807, 2.05) is 49.6 Å². The van der Waals surface area contributed by atoms with Gasteiger partial charge < -0.3 is 14.6 Å². The van der Waals surface area contributed by atoms with Gasteiger partial charge in [0.15, 0.2) is 6.61 Å². The molecule has 0 fully saturated rings. The molecule has 7 nitrogen and oxygen atoms in total. The predicted octanol–water partition coefficient (Wildman–Crippen LogP) is 3.53. The number of anilines is 1. The number of ether oxygens (including phenoxy) is 1. The molecule has 3 aromatic rings. The van der Waals surface area contributed by atoms with Crippen LogP contribution in [0.5, 0.6) is 0 Å². The number of rotatable bonds is 7. The van der Waals surface area contributed by atoms with Gasteiger partial charge in [0, 0.05) is 12.1 Å². The van der Waals surface area contributed by atoms with Crippen molar-refractivity contribution in [3.63, 3.8) is 0 Å². The van der Waals surface area contributed by atoms with E-state index in [-0.39, 0.29) is 25.4 Å². The molecule has 3 rings (SSSR count). The molecule has 0 radical (unpaired) electrons. The summed E-state index contributed by atoms with van der Waals surface area (Å²) in [5.41, 5.74) is 2.77. The van der Waals surface area contributed by atoms with E-state index in [1.165, 1.54) is 11.3 Å². The number of benzene rings is 1. The molecule has 27 heavy (non-hydrogen) atoms. The van der Waals surface area contributed by atoms with Crippen molar-refractivity contribution in [3.8, 4) is 10.7 Å². The fraction of sp³-hybridized carbons (Fsp3) is 0.263. The number of hydrogen-bond acceptors (Lipinski definition) is 7. The monoisotopic (exact) mass is 385 g/mol. The van der Waals surface area contributed by atoms with Gasteiger partial charge in [0.05, 0.1) is 11.3 Å². The summed E-state index contributed by atoms with van der Waals surface area (Å²) in [6.07, 6.45) is 0.318. The zero-order chi connectivity index (χ0) is 19.2. The van der Waals surface area contributed by atoms with Gasteiger partial charge in [-0.2, -0.15) is 4.98 Å². The zero-order valence-electron chi connectivity index (χ0n) is 15.0. The van der Waals surface area contributed by atoms with Crippen LogP contribution in [0.2, 0.25) is 0 Å². The molecule has 0 aliphatic heterocycles. The first kappa shape index (κ1) is 18.8. The maximum Gasteiger partial charge on any atom is 0.306 e. The largest absolute Gasteiger partial charge is 0.456 e. The van der Waals surface area contributed by atoms with Crippen molar-refractivity contribution >= 4 is 28.9 Å². The van der Waals surface area contributed by atoms with E-state index in [0.717, 1.165) is 16.0 Å². The second kappa shape index (κ2) is 8.59. The summed E-state index contributed by atoms with van der Waals surface area (Å²) < 4.78 is 10.1. The molecule has 1 aromatic carbocycles. The van der Waals surface area contributed by atoms with E-state index in [9.17, 15) is 9.59 Å². The standard InChI is InChI=1S/C19H19N3O4S/c1-12-5-6-14(13(2)10-12)20-16(23)11-25-18(24)8-7-17-21-19(22-26-17)15-4-3-9-27-15/h3-6,9-10H,7-8,11H2,1-2H3,(H,20,23). The second-order valence-corrected chi connectivity index (χ2v) is 6.96. The Bertz CT molecular complexity index is 934. The molecule has 2 heterocycles. The fourth-order valence-corrected chi connectivity index (χ4v) is 3.08. The van der Waals surface area contributed by atoms with Gasteiger partial charge in [-0.1, -0.05) is 28.9 Å². The Labute approximate surface area is 160 Å². The number of aromatic nitrogens is 2. The molecular weight excluding hydrogens is 366 g/mol. The average Bonchev–Trinajstić information content (AvgIpc) is 3.32. The lowest BCUT2D eigenvalue weighted by molar-refractivity contribution is -0.147. The van der Waals surface area contributed by atoms with Crippen LogP contribution in [0.15, 0.2) is 40.2 Å². The molecule has 0 bridgehead atoms. The van der Waals surface area contributed by atoms with Crippen LogP contribution in [0.1, 0.15) is 23.4 Å². The Kier molecular flexibility index (Phi) is 5.97. The molecule has 0 saturated carbocycles. The van der Waals surface area contributed by atoms with Gasteiger partial charge in [0.25, 0.3) is 5.91 Å². The number of nitrogens with zero attached hydrogens (tertiary/aromatic N) is 2. The van der Waals surface area contributed by atoms with Crippen LogP contribution in [0.4, 0.5) is 5.69 Å². The quantitative estimate of drug-likeness (QED) is 0.625. The minimum atomic E-state index is -0.498. The molecule has 8 heteroatoms. The number of nitrogens with one attached hydrogen (secondary N) is 1. The lowest BCUT2D eigenvalue weighted by Gasteiger charge is -2.09. The van der Waals surface area contributed by atoms with Gasteiger partial charge in [-0.15, -0.1) is 11.3 Å². The summed E-state index contributed by atoms with van der Waals surface area (Å²) in [6, 6.07) is 9.49. The maximum atomic E-state index is 11.9. The summed E-state index contributed by atoms with van der Waals surface area (Å²) in [7, 11) is 0. The van der Waals surface area contributed by atoms with E-state index >= 15 is 0 Å². The third-order valence-electron chi connectivity index (χ3n) is 3.77. The van der Waals surface area contributed by atoms with E-state index < -0.39 is 5.97 Å². The van der Waals surface area contributed by atoms with Crippen LogP contribution >= 0.6 is 11.3 Å². The van der Waals surface area contributed by atoms with E-state index in [0.29, 0.717) is 17.4 Å². The minimum absolute atomic E-state index is 0.0584. The van der Waals surface area contributed by atoms with Gasteiger partial charge in [0.1, 0.15) is 0 Å². The Morgan fingerprint density at radius 3 is 2.85 bits per heavy atom. The summed E-state index contributed by atoms with van der Waals surface area (Å²) in [5.74, 6) is -0.0222. The number of amides is 1. The van der Waals surface area contributed by atoms with Crippen LogP contribution in [0.3, 0.4) is 0 Å². The van der Waals surface area contributed by atoms with Crippen molar-refractivity contribution in [2.45, 2.75) is 26.7 Å². The van der Waals surface area contributed by atoms with Crippen LogP contribution < -0.4 is 5.32 Å². The van der Waals surface area contributed by atoms with Crippen molar-refractivity contribution < 1.29 is 18.8 Å². The molecule has 140 valence electrons. The summed E-state index contributed by atoms with van der Waals surface area (Å²) in [4.78, 5) is 28.9. The summed E-state index contributed by atoms with van der Waals surface area (Å²) in [5, 5.41) is 8.53. The van der Waals surface area contributed by atoms with Gasteiger partial charge in [-0.3, -0.25) is 9.59 Å². The average molecular weight is 385 g/mol. The van der Waals surface area contributed by atoms with E-state index in [2.05, 4.69) is 15.5 Å². The van der Waals surface area contributed by atoms with Crippen molar-refractivity contribution in [3.05, 3.63) is 52.7 Å². The highest BCUT2D eigenvalue weighted by atomic mass is 32.1. The molecule has 0 unspecified atom stereocenters. The predicted molar refractivity (Wildman–Crippen MR) is 101 cm³/mol. The normalized spacial score (nSPS) is 10.6. The summed E-state index contributed by atoms with van der Waals surface area (Å²) in [6.45, 7) is 3.55. The number of carbonyl (C=O) groups excluding carboxylic acids is 2. The van der Waals surface area contributed by atoms with Crippen molar-refractivity contribution in [2.24, 2.45) is 0 Å². The van der Waals surface area contributed by atoms with Gasteiger partial charge in [-0.25, -0.2) is 0 Å². The molecule has 0 spiro atoms.